The van der Waals surface area contributed by atoms with Crippen molar-refractivity contribution in [3.05, 3.63) is 42.0 Å². The molecule has 2 saturated carbocycles. The first kappa shape index (κ1) is 20.0. The number of rotatable bonds is 7. The molecule has 6 unspecified atom stereocenters. The lowest BCUT2D eigenvalue weighted by Gasteiger charge is -2.37. The lowest BCUT2D eigenvalue weighted by molar-refractivity contribution is -0.140. The maximum atomic E-state index is 12.9. The van der Waals surface area contributed by atoms with Crippen molar-refractivity contribution in [1.82, 2.24) is 4.90 Å². The normalized spacial score (nSPS) is 32.0. The number of benzene rings is 1. The summed E-state index contributed by atoms with van der Waals surface area (Å²) in [5.74, 6) is 0.176. The average Bonchev–Trinajstić information content (AvgIpc) is 3.56. The molecular weight excluding hydrogens is 396 g/mol. The van der Waals surface area contributed by atoms with Gasteiger partial charge in [0, 0.05) is 18.7 Å². The highest BCUT2D eigenvalue weighted by Crippen LogP contribution is 2.65. The van der Waals surface area contributed by atoms with Crippen LogP contribution >= 0.6 is 0 Å². The van der Waals surface area contributed by atoms with E-state index in [-0.39, 0.29) is 54.4 Å². The van der Waals surface area contributed by atoms with Crippen LogP contribution in [0.3, 0.4) is 0 Å². The fourth-order valence-corrected chi connectivity index (χ4v) is 5.64. The van der Waals surface area contributed by atoms with Gasteiger partial charge in [0.1, 0.15) is 0 Å². The number of imide groups is 1. The standard InChI is InChI=1S/C24H26N2O5/c1-2-11-31-24(30)13-3-5-14(6-4-13)25-19(27)9-10-26-22(28)20-15-7-8-16(18-12-17(15)18)21(20)23(26)29/h3-8,15-18,20-21H,2,9-12H2,1H3,(H,25,27). The molecule has 1 saturated heterocycles. The fraction of sp³-hybridized carbons (Fsp3) is 0.500. The number of amides is 3. The Labute approximate surface area is 180 Å². The van der Waals surface area contributed by atoms with E-state index in [0.29, 0.717) is 29.7 Å². The highest BCUT2D eigenvalue weighted by Gasteiger charge is 2.66. The minimum absolute atomic E-state index is 0.0484. The number of likely N-dealkylation sites (tertiary alicyclic amines) is 1. The van der Waals surface area contributed by atoms with Gasteiger partial charge in [-0.15, -0.1) is 0 Å². The number of ether oxygens (including phenoxy) is 1. The summed E-state index contributed by atoms with van der Waals surface area (Å²) in [5, 5.41) is 2.76. The van der Waals surface area contributed by atoms with Crippen molar-refractivity contribution in [3.8, 4) is 0 Å². The van der Waals surface area contributed by atoms with Crippen LogP contribution in [-0.4, -0.2) is 41.7 Å². The van der Waals surface area contributed by atoms with Gasteiger partial charge in [-0.05, 0) is 60.8 Å². The zero-order valence-electron chi connectivity index (χ0n) is 17.5. The highest BCUT2D eigenvalue weighted by molar-refractivity contribution is 6.06. The van der Waals surface area contributed by atoms with Crippen molar-refractivity contribution in [2.24, 2.45) is 35.5 Å². The molecule has 1 aliphatic heterocycles. The molecule has 1 heterocycles. The number of nitrogens with one attached hydrogen (secondary N) is 1. The Morgan fingerprint density at radius 1 is 1.03 bits per heavy atom. The van der Waals surface area contributed by atoms with Gasteiger partial charge in [0.05, 0.1) is 24.0 Å². The van der Waals surface area contributed by atoms with E-state index in [1.54, 1.807) is 24.3 Å². The predicted molar refractivity (Wildman–Crippen MR) is 112 cm³/mol. The average molecular weight is 422 g/mol. The van der Waals surface area contributed by atoms with Gasteiger partial charge in [0.25, 0.3) is 0 Å². The van der Waals surface area contributed by atoms with Crippen LogP contribution in [0.1, 0.15) is 36.5 Å². The van der Waals surface area contributed by atoms with E-state index in [1.807, 2.05) is 6.92 Å². The lowest BCUT2D eigenvalue weighted by Crippen LogP contribution is -2.40. The molecule has 0 aromatic heterocycles. The van der Waals surface area contributed by atoms with Crippen LogP contribution in [0.15, 0.2) is 36.4 Å². The van der Waals surface area contributed by atoms with Gasteiger partial charge in [0.2, 0.25) is 17.7 Å². The quantitative estimate of drug-likeness (QED) is 0.414. The van der Waals surface area contributed by atoms with Gasteiger partial charge in [-0.2, -0.15) is 0 Å². The Morgan fingerprint density at radius 2 is 1.65 bits per heavy atom. The van der Waals surface area contributed by atoms with Gasteiger partial charge in [-0.1, -0.05) is 19.1 Å². The van der Waals surface area contributed by atoms with Crippen molar-refractivity contribution in [3.63, 3.8) is 0 Å². The molecule has 162 valence electrons. The number of hydrogen-bond donors (Lipinski definition) is 1. The molecule has 1 aromatic carbocycles. The Hall–Kier alpha value is -2.96. The molecule has 1 aromatic rings. The summed E-state index contributed by atoms with van der Waals surface area (Å²) < 4.78 is 5.08. The molecular formula is C24H26N2O5. The smallest absolute Gasteiger partial charge is 0.338 e. The first-order valence-corrected chi connectivity index (χ1v) is 11.1. The largest absolute Gasteiger partial charge is 0.462 e. The summed E-state index contributed by atoms with van der Waals surface area (Å²) >= 11 is 0. The van der Waals surface area contributed by atoms with Crippen LogP contribution in [0.2, 0.25) is 0 Å². The summed E-state index contributed by atoms with van der Waals surface area (Å²) in [7, 11) is 0. The second-order valence-electron chi connectivity index (χ2n) is 8.99. The topological polar surface area (TPSA) is 92.8 Å². The summed E-state index contributed by atoms with van der Waals surface area (Å²) in [5.41, 5.74) is 0.968. The number of carbonyl (C=O) groups excluding carboxylic acids is 4. The summed E-state index contributed by atoms with van der Waals surface area (Å²) in [6.45, 7) is 2.39. The zero-order chi connectivity index (χ0) is 21.7. The molecule has 6 rings (SSSR count). The summed E-state index contributed by atoms with van der Waals surface area (Å²) in [6, 6.07) is 6.47. The SMILES string of the molecule is CCCOC(=O)c1ccc(NC(=O)CCN2C(=O)C3C4C=CC(C5CC45)C3C2=O)cc1. The molecule has 4 aliphatic carbocycles. The van der Waals surface area contributed by atoms with Crippen molar-refractivity contribution in [2.45, 2.75) is 26.2 Å². The number of allylic oxidation sites excluding steroid dienone is 2. The van der Waals surface area contributed by atoms with Gasteiger partial charge < -0.3 is 10.1 Å². The van der Waals surface area contributed by atoms with E-state index >= 15 is 0 Å². The van der Waals surface area contributed by atoms with Crippen LogP contribution in [0, 0.1) is 35.5 Å². The Bertz CT molecular complexity index is 933. The first-order chi connectivity index (χ1) is 15.0. The van der Waals surface area contributed by atoms with Crippen molar-refractivity contribution in [2.75, 3.05) is 18.5 Å². The first-order valence-electron chi connectivity index (χ1n) is 11.1. The molecule has 3 amide bonds. The zero-order valence-corrected chi connectivity index (χ0v) is 17.5. The van der Waals surface area contributed by atoms with Crippen molar-refractivity contribution < 1.29 is 23.9 Å². The minimum Gasteiger partial charge on any atom is -0.462 e. The Balaban J connectivity index is 1.16. The monoisotopic (exact) mass is 422 g/mol. The number of nitrogens with zero attached hydrogens (tertiary/aromatic N) is 1. The second-order valence-corrected chi connectivity index (χ2v) is 8.99. The predicted octanol–water partition coefficient (Wildman–Crippen LogP) is 2.64. The molecule has 5 aliphatic rings. The highest BCUT2D eigenvalue weighted by atomic mass is 16.5. The summed E-state index contributed by atoms with van der Waals surface area (Å²) in [4.78, 5) is 51.4. The van der Waals surface area contributed by atoms with E-state index in [4.69, 9.17) is 4.74 Å². The molecule has 7 heteroatoms. The van der Waals surface area contributed by atoms with E-state index in [0.717, 1.165) is 12.8 Å². The molecule has 1 N–H and O–H groups in total. The van der Waals surface area contributed by atoms with Crippen LogP contribution in [0.25, 0.3) is 0 Å². The van der Waals surface area contributed by atoms with Gasteiger partial charge >= 0.3 is 5.97 Å². The van der Waals surface area contributed by atoms with Gasteiger partial charge in [0.15, 0.2) is 0 Å². The fourth-order valence-electron chi connectivity index (χ4n) is 5.64. The third-order valence-electron chi connectivity index (χ3n) is 7.16. The van der Waals surface area contributed by atoms with Crippen molar-refractivity contribution in [1.29, 1.82) is 0 Å². The number of esters is 1. The molecule has 0 radical (unpaired) electrons. The van der Waals surface area contributed by atoms with E-state index < -0.39 is 5.97 Å². The lowest BCUT2D eigenvalue weighted by atomic mass is 9.63. The number of hydrogen-bond acceptors (Lipinski definition) is 5. The third-order valence-corrected chi connectivity index (χ3v) is 7.16. The van der Waals surface area contributed by atoms with Crippen LogP contribution < -0.4 is 5.32 Å². The molecule has 2 bridgehead atoms. The number of carbonyl (C=O) groups is 4. The maximum absolute atomic E-state index is 12.9. The maximum Gasteiger partial charge on any atom is 0.338 e. The van der Waals surface area contributed by atoms with Gasteiger partial charge in [-0.3, -0.25) is 19.3 Å². The van der Waals surface area contributed by atoms with E-state index in [9.17, 15) is 19.2 Å². The van der Waals surface area contributed by atoms with Crippen molar-refractivity contribution >= 4 is 29.4 Å². The van der Waals surface area contributed by atoms with E-state index in [1.165, 1.54) is 4.90 Å². The third kappa shape index (κ3) is 3.36. The Morgan fingerprint density at radius 3 is 2.23 bits per heavy atom. The van der Waals surface area contributed by atoms with Gasteiger partial charge in [-0.25, -0.2) is 4.79 Å². The van der Waals surface area contributed by atoms with E-state index in [2.05, 4.69) is 17.5 Å². The molecule has 3 fully saturated rings. The Kier molecular flexibility index (Phi) is 4.91. The van der Waals surface area contributed by atoms with Crippen LogP contribution in [0.4, 0.5) is 5.69 Å². The molecule has 0 spiro atoms. The number of anilines is 1. The van der Waals surface area contributed by atoms with Crippen LogP contribution in [-0.2, 0) is 19.1 Å². The molecule has 6 atom stereocenters. The minimum atomic E-state index is -0.395. The second kappa shape index (κ2) is 7.62. The molecule has 7 nitrogen and oxygen atoms in total. The summed E-state index contributed by atoms with van der Waals surface area (Å²) in [6.07, 6.45) is 6.22. The van der Waals surface area contributed by atoms with Crippen LogP contribution in [0.5, 0.6) is 0 Å². The molecule has 31 heavy (non-hydrogen) atoms.